The summed E-state index contributed by atoms with van der Waals surface area (Å²) in [5, 5.41) is 0. The zero-order valence-electron chi connectivity index (χ0n) is 11.3. The minimum absolute atomic E-state index is 0. The summed E-state index contributed by atoms with van der Waals surface area (Å²) in [6, 6.07) is 0. The second-order valence-electron chi connectivity index (χ2n) is 3.31. The summed E-state index contributed by atoms with van der Waals surface area (Å²) >= 11 is 0. The molecule has 0 aromatic rings. The summed E-state index contributed by atoms with van der Waals surface area (Å²) in [4.78, 5) is 22.1. The molecule has 0 fully saturated rings. The van der Waals surface area contributed by atoms with Gasteiger partial charge >= 0.3 is 11.9 Å². The van der Waals surface area contributed by atoms with Crippen LogP contribution in [0.25, 0.3) is 0 Å². The van der Waals surface area contributed by atoms with Crippen LogP contribution in [0.5, 0.6) is 0 Å². The van der Waals surface area contributed by atoms with E-state index in [4.69, 9.17) is 4.74 Å². The van der Waals surface area contributed by atoms with Gasteiger partial charge in [0.1, 0.15) is 0 Å². The maximum Gasteiger partial charge on any atom is 0.333 e. The van der Waals surface area contributed by atoms with Crippen molar-refractivity contribution < 1.29 is 19.1 Å². The van der Waals surface area contributed by atoms with Crippen molar-refractivity contribution in [3.8, 4) is 0 Å². The Kier molecular flexibility index (Phi) is 14.8. The molecule has 0 aliphatic carbocycles. The number of carbonyl (C=O) groups excluding carboxylic acids is 2. The number of hydrogen-bond acceptors (Lipinski definition) is 5. The Morgan fingerprint density at radius 3 is 2.22 bits per heavy atom. The van der Waals surface area contributed by atoms with E-state index < -0.39 is 0 Å². The smallest absolute Gasteiger partial charge is 0.333 e. The number of hydrogen-bond donors (Lipinski definition) is 1. The summed E-state index contributed by atoms with van der Waals surface area (Å²) < 4.78 is 9.49. The topological polar surface area (TPSA) is 87.6 Å². The zero-order chi connectivity index (χ0) is 12.6. The number of methoxy groups -OCH3 is 1. The van der Waals surface area contributed by atoms with Crippen molar-refractivity contribution >= 4 is 24.3 Å². The second kappa shape index (κ2) is 12.1. The van der Waals surface area contributed by atoms with E-state index in [-0.39, 0.29) is 37.1 Å². The fourth-order valence-electron chi connectivity index (χ4n) is 1.00. The molecular weight excluding hydrogens is 258 g/mol. The van der Waals surface area contributed by atoms with Crippen LogP contribution in [-0.4, -0.2) is 25.7 Å². The van der Waals surface area contributed by atoms with Crippen LogP contribution in [-0.2, 0) is 19.1 Å². The predicted molar refractivity (Wildman–Crippen MR) is 73.1 cm³/mol. The normalized spacial score (nSPS) is 10.9. The summed E-state index contributed by atoms with van der Waals surface area (Å²) in [5.74, 6) is -0.719. The highest BCUT2D eigenvalue weighted by molar-refractivity contribution is 5.88. The average molecular weight is 280 g/mol. The Morgan fingerprint density at radius 1 is 1.22 bits per heavy atom. The first-order chi connectivity index (χ1) is 7.52. The number of ether oxygens (including phenoxy) is 2. The lowest BCUT2D eigenvalue weighted by Gasteiger charge is -2.06. The summed E-state index contributed by atoms with van der Waals surface area (Å²) in [6.07, 6.45) is 3.50. The molecular formula is C12H22ClNO4. The van der Waals surface area contributed by atoms with Crippen LogP contribution in [0, 0.1) is 0 Å². The van der Waals surface area contributed by atoms with Gasteiger partial charge < -0.3 is 15.6 Å². The zero-order valence-corrected chi connectivity index (χ0v) is 12.1. The monoisotopic (exact) mass is 279 g/mol. The molecule has 0 radical (unpaired) electrons. The third-order valence-corrected chi connectivity index (χ3v) is 2.16. The summed E-state index contributed by atoms with van der Waals surface area (Å²) in [5.41, 5.74) is 1.42. The standard InChI is InChI=1S/C12H18O4.ClH.H3N/c1-5-6-11(13)16-8-7-9(2)10(3)12(14)15-4;;/h5-6H,7-8H2,1-4H3;1H;1H3. The molecule has 0 rings (SSSR count). The Bertz CT molecular complexity index is 324. The van der Waals surface area contributed by atoms with Gasteiger partial charge in [-0.2, -0.15) is 0 Å². The maximum absolute atomic E-state index is 11.2. The van der Waals surface area contributed by atoms with Gasteiger partial charge in [-0.05, 0) is 20.8 Å². The van der Waals surface area contributed by atoms with E-state index in [2.05, 4.69) is 4.74 Å². The van der Waals surface area contributed by atoms with Crippen molar-refractivity contribution in [1.29, 1.82) is 0 Å². The lowest BCUT2D eigenvalue weighted by Crippen LogP contribution is -2.07. The van der Waals surface area contributed by atoms with E-state index in [9.17, 15) is 9.59 Å². The SMILES string of the molecule is CC=CC(=O)OCCC(C)=C(C)C(=O)OC.Cl.N. The quantitative estimate of drug-likeness (QED) is 0.617. The van der Waals surface area contributed by atoms with Crippen molar-refractivity contribution in [3.05, 3.63) is 23.3 Å². The third kappa shape index (κ3) is 8.78. The van der Waals surface area contributed by atoms with Crippen molar-refractivity contribution in [2.45, 2.75) is 27.2 Å². The fraction of sp³-hybridized carbons (Fsp3) is 0.500. The third-order valence-electron chi connectivity index (χ3n) is 2.16. The van der Waals surface area contributed by atoms with Crippen LogP contribution >= 0.6 is 12.4 Å². The second-order valence-corrected chi connectivity index (χ2v) is 3.31. The van der Waals surface area contributed by atoms with Crippen LogP contribution in [0.15, 0.2) is 23.3 Å². The van der Waals surface area contributed by atoms with E-state index in [0.717, 1.165) is 5.57 Å². The lowest BCUT2D eigenvalue weighted by atomic mass is 10.1. The molecule has 0 heterocycles. The minimum Gasteiger partial charge on any atom is -0.466 e. The van der Waals surface area contributed by atoms with E-state index in [1.165, 1.54) is 13.2 Å². The Morgan fingerprint density at radius 2 is 1.78 bits per heavy atom. The van der Waals surface area contributed by atoms with E-state index >= 15 is 0 Å². The molecule has 6 heteroatoms. The van der Waals surface area contributed by atoms with E-state index in [1.807, 2.05) is 6.92 Å². The highest BCUT2D eigenvalue weighted by Gasteiger charge is 2.07. The molecule has 0 aliphatic rings. The maximum atomic E-state index is 11.2. The molecule has 0 saturated carbocycles. The Balaban J connectivity index is -0.00000112. The van der Waals surface area contributed by atoms with E-state index in [1.54, 1.807) is 19.9 Å². The first kappa shape index (κ1) is 21.9. The number of halogens is 1. The number of carbonyl (C=O) groups is 2. The minimum atomic E-state index is -0.369. The van der Waals surface area contributed by atoms with Crippen LogP contribution < -0.4 is 6.15 Å². The average Bonchev–Trinajstić information content (AvgIpc) is 2.27. The molecule has 0 aliphatic heterocycles. The number of esters is 2. The van der Waals surface area contributed by atoms with Gasteiger partial charge in [0.05, 0.1) is 13.7 Å². The first-order valence-corrected chi connectivity index (χ1v) is 5.07. The molecule has 0 aromatic heterocycles. The van der Waals surface area contributed by atoms with Gasteiger partial charge in [0, 0.05) is 18.1 Å². The molecule has 0 unspecified atom stereocenters. The van der Waals surface area contributed by atoms with Crippen LogP contribution in [0.4, 0.5) is 0 Å². The molecule has 3 N–H and O–H groups in total. The first-order valence-electron chi connectivity index (χ1n) is 5.07. The highest BCUT2D eigenvalue weighted by Crippen LogP contribution is 2.09. The fourth-order valence-corrected chi connectivity index (χ4v) is 1.00. The molecule has 0 spiro atoms. The molecule has 0 atom stereocenters. The van der Waals surface area contributed by atoms with Crippen LogP contribution in [0.3, 0.4) is 0 Å². The van der Waals surface area contributed by atoms with Gasteiger partial charge in [0.15, 0.2) is 0 Å². The molecule has 0 bridgehead atoms. The van der Waals surface area contributed by atoms with Gasteiger partial charge in [-0.15, -0.1) is 12.4 Å². The Hall–Kier alpha value is -1.33. The van der Waals surface area contributed by atoms with Gasteiger partial charge in [0.2, 0.25) is 0 Å². The molecule has 0 aromatic carbocycles. The van der Waals surface area contributed by atoms with Crippen molar-refractivity contribution in [2.24, 2.45) is 0 Å². The van der Waals surface area contributed by atoms with Crippen LogP contribution in [0.1, 0.15) is 27.2 Å². The predicted octanol–water partition coefficient (Wildman–Crippen LogP) is 2.59. The summed E-state index contributed by atoms with van der Waals surface area (Å²) in [7, 11) is 1.34. The molecule has 0 saturated heterocycles. The van der Waals surface area contributed by atoms with Gasteiger partial charge in [0.25, 0.3) is 0 Å². The highest BCUT2D eigenvalue weighted by atomic mass is 35.5. The Labute approximate surface area is 114 Å². The van der Waals surface area contributed by atoms with Crippen LogP contribution in [0.2, 0.25) is 0 Å². The molecule has 18 heavy (non-hydrogen) atoms. The molecule has 106 valence electrons. The van der Waals surface area contributed by atoms with Crippen molar-refractivity contribution in [1.82, 2.24) is 6.15 Å². The molecule has 0 amide bonds. The number of allylic oxidation sites excluding steroid dienone is 1. The van der Waals surface area contributed by atoms with Gasteiger partial charge in [-0.1, -0.05) is 11.6 Å². The summed E-state index contributed by atoms with van der Waals surface area (Å²) in [6.45, 7) is 5.52. The number of rotatable bonds is 5. The van der Waals surface area contributed by atoms with Gasteiger partial charge in [-0.3, -0.25) is 0 Å². The van der Waals surface area contributed by atoms with Crippen molar-refractivity contribution in [3.63, 3.8) is 0 Å². The molecule has 5 nitrogen and oxygen atoms in total. The van der Waals surface area contributed by atoms with Gasteiger partial charge in [-0.25, -0.2) is 9.59 Å². The largest absolute Gasteiger partial charge is 0.466 e. The van der Waals surface area contributed by atoms with E-state index in [0.29, 0.717) is 12.0 Å². The van der Waals surface area contributed by atoms with Crippen molar-refractivity contribution in [2.75, 3.05) is 13.7 Å². The lowest BCUT2D eigenvalue weighted by molar-refractivity contribution is -0.137.